The van der Waals surface area contributed by atoms with E-state index >= 15 is 0 Å². The molecule has 0 aliphatic heterocycles. The standard InChI is InChI=1S/C11H14BrF2NO3S/c1-3-18-5-4-15(2)19(16,17)11-9(12)6-8(13)7-10(11)14/h6-7H,3-5H2,1-2H3. The first kappa shape index (κ1) is 16.5. The lowest BCUT2D eigenvalue weighted by atomic mass is 10.3. The van der Waals surface area contributed by atoms with Crippen molar-refractivity contribution in [1.29, 1.82) is 0 Å². The van der Waals surface area contributed by atoms with Gasteiger partial charge in [-0.15, -0.1) is 0 Å². The molecule has 0 atom stereocenters. The molecule has 8 heteroatoms. The number of hydrogen-bond donors (Lipinski definition) is 0. The van der Waals surface area contributed by atoms with Crippen molar-refractivity contribution in [3.05, 3.63) is 28.2 Å². The zero-order valence-electron chi connectivity index (χ0n) is 10.5. The predicted octanol–water partition coefficient (Wildman–Crippen LogP) is 2.38. The number of nitrogens with zero attached hydrogens (tertiary/aromatic N) is 1. The zero-order valence-corrected chi connectivity index (χ0v) is 12.9. The smallest absolute Gasteiger partial charge is 0.246 e. The summed E-state index contributed by atoms with van der Waals surface area (Å²) in [5, 5.41) is 0. The van der Waals surface area contributed by atoms with Gasteiger partial charge in [0.05, 0.1) is 6.61 Å². The van der Waals surface area contributed by atoms with Crippen LogP contribution in [-0.4, -0.2) is 39.5 Å². The van der Waals surface area contributed by atoms with Gasteiger partial charge in [-0.2, -0.15) is 4.31 Å². The first-order chi connectivity index (χ1) is 8.80. The normalized spacial score (nSPS) is 12.1. The molecule has 19 heavy (non-hydrogen) atoms. The van der Waals surface area contributed by atoms with Crippen LogP contribution >= 0.6 is 15.9 Å². The lowest BCUT2D eigenvalue weighted by molar-refractivity contribution is 0.138. The van der Waals surface area contributed by atoms with Gasteiger partial charge in [-0.25, -0.2) is 17.2 Å². The quantitative estimate of drug-likeness (QED) is 0.734. The minimum absolute atomic E-state index is 0.0828. The molecule has 0 saturated carbocycles. The monoisotopic (exact) mass is 357 g/mol. The van der Waals surface area contributed by atoms with Crippen LogP contribution in [0.4, 0.5) is 8.78 Å². The van der Waals surface area contributed by atoms with E-state index in [1.165, 1.54) is 7.05 Å². The molecule has 1 aromatic carbocycles. The van der Waals surface area contributed by atoms with Gasteiger partial charge >= 0.3 is 0 Å². The van der Waals surface area contributed by atoms with Gasteiger partial charge in [0.25, 0.3) is 0 Å². The van der Waals surface area contributed by atoms with E-state index in [1.54, 1.807) is 6.92 Å². The number of ether oxygens (including phenoxy) is 1. The third kappa shape index (κ3) is 3.95. The van der Waals surface area contributed by atoms with E-state index in [1.807, 2.05) is 0 Å². The third-order valence-electron chi connectivity index (χ3n) is 2.39. The Bertz CT molecular complexity index is 528. The van der Waals surface area contributed by atoms with Gasteiger partial charge in [0.15, 0.2) is 0 Å². The average Bonchev–Trinajstić information content (AvgIpc) is 2.27. The number of sulfonamides is 1. The Morgan fingerprint density at radius 2 is 2.00 bits per heavy atom. The molecule has 0 amide bonds. The molecule has 0 heterocycles. The molecule has 0 aromatic heterocycles. The number of benzene rings is 1. The summed E-state index contributed by atoms with van der Waals surface area (Å²) in [6, 6.07) is 1.44. The minimum Gasteiger partial charge on any atom is -0.380 e. The van der Waals surface area contributed by atoms with E-state index in [-0.39, 0.29) is 17.6 Å². The van der Waals surface area contributed by atoms with Crippen molar-refractivity contribution in [2.24, 2.45) is 0 Å². The van der Waals surface area contributed by atoms with E-state index in [9.17, 15) is 17.2 Å². The van der Waals surface area contributed by atoms with E-state index in [0.29, 0.717) is 12.7 Å². The Hall–Kier alpha value is -0.570. The molecular formula is C11H14BrF2NO3S. The molecule has 0 bridgehead atoms. The van der Waals surface area contributed by atoms with Crippen LogP contribution in [0.25, 0.3) is 0 Å². The summed E-state index contributed by atoms with van der Waals surface area (Å²) >= 11 is 2.87. The molecule has 108 valence electrons. The van der Waals surface area contributed by atoms with Gasteiger partial charge in [-0.05, 0) is 28.9 Å². The number of rotatable bonds is 6. The lowest BCUT2D eigenvalue weighted by Crippen LogP contribution is -2.31. The number of likely N-dealkylation sites (N-methyl/N-ethyl adjacent to an activating group) is 1. The Morgan fingerprint density at radius 1 is 1.37 bits per heavy atom. The summed E-state index contributed by atoms with van der Waals surface area (Å²) < 4.78 is 56.8. The number of halogens is 3. The van der Waals surface area contributed by atoms with Gasteiger partial charge in [-0.1, -0.05) is 0 Å². The predicted molar refractivity (Wildman–Crippen MR) is 70.4 cm³/mol. The van der Waals surface area contributed by atoms with Gasteiger partial charge in [0.2, 0.25) is 10.0 Å². The fraction of sp³-hybridized carbons (Fsp3) is 0.455. The topological polar surface area (TPSA) is 46.6 Å². The first-order valence-corrected chi connectivity index (χ1v) is 7.72. The number of hydrogen-bond acceptors (Lipinski definition) is 3. The summed E-state index contributed by atoms with van der Waals surface area (Å²) in [6.45, 7) is 2.53. The van der Waals surface area contributed by atoms with Crippen LogP contribution in [0.3, 0.4) is 0 Å². The molecule has 0 fully saturated rings. The SMILES string of the molecule is CCOCCN(C)S(=O)(=O)c1c(F)cc(F)cc1Br. The minimum atomic E-state index is -4.03. The molecule has 0 N–H and O–H groups in total. The maximum Gasteiger partial charge on any atom is 0.246 e. The largest absolute Gasteiger partial charge is 0.380 e. The van der Waals surface area contributed by atoms with Crippen molar-refractivity contribution in [2.45, 2.75) is 11.8 Å². The van der Waals surface area contributed by atoms with Gasteiger partial charge in [-0.3, -0.25) is 0 Å². The van der Waals surface area contributed by atoms with Crippen molar-refractivity contribution in [2.75, 3.05) is 26.8 Å². The van der Waals surface area contributed by atoms with Crippen LogP contribution in [0, 0.1) is 11.6 Å². The highest BCUT2D eigenvalue weighted by atomic mass is 79.9. The molecule has 0 aliphatic rings. The molecule has 0 radical (unpaired) electrons. The second-order valence-corrected chi connectivity index (χ2v) is 6.56. The van der Waals surface area contributed by atoms with Crippen LogP contribution in [0.15, 0.2) is 21.5 Å². The summed E-state index contributed by atoms with van der Waals surface area (Å²) in [4.78, 5) is -0.576. The average molecular weight is 358 g/mol. The molecule has 0 aliphatic carbocycles. The third-order valence-corrected chi connectivity index (χ3v) is 5.21. The molecule has 0 saturated heterocycles. The van der Waals surface area contributed by atoms with E-state index < -0.39 is 26.6 Å². The van der Waals surface area contributed by atoms with Crippen LogP contribution in [0.1, 0.15) is 6.92 Å². The molecule has 0 spiro atoms. The van der Waals surface area contributed by atoms with Gasteiger partial charge in [0.1, 0.15) is 16.5 Å². The molecule has 0 unspecified atom stereocenters. The summed E-state index contributed by atoms with van der Waals surface area (Å²) in [5.41, 5.74) is 0. The Morgan fingerprint density at radius 3 is 2.53 bits per heavy atom. The van der Waals surface area contributed by atoms with Crippen molar-refractivity contribution < 1.29 is 21.9 Å². The fourth-order valence-electron chi connectivity index (χ4n) is 1.39. The summed E-state index contributed by atoms with van der Waals surface area (Å²) in [5.74, 6) is -1.98. The summed E-state index contributed by atoms with van der Waals surface area (Å²) in [7, 11) is -2.72. The van der Waals surface area contributed by atoms with Crippen LogP contribution in [0.2, 0.25) is 0 Å². The van der Waals surface area contributed by atoms with Crippen LogP contribution in [0.5, 0.6) is 0 Å². The molecular weight excluding hydrogens is 344 g/mol. The van der Waals surface area contributed by atoms with E-state index in [0.717, 1.165) is 10.4 Å². The van der Waals surface area contributed by atoms with E-state index in [4.69, 9.17) is 4.74 Å². The zero-order chi connectivity index (χ0) is 14.6. The van der Waals surface area contributed by atoms with Crippen molar-refractivity contribution in [3.8, 4) is 0 Å². The van der Waals surface area contributed by atoms with Crippen molar-refractivity contribution >= 4 is 26.0 Å². The highest BCUT2D eigenvalue weighted by Gasteiger charge is 2.27. The van der Waals surface area contributed by atoms with Gasteiger partial charge < -0.3 is 4.74 Å². The molecule has 4 nitrogen and oxygen atoms in total. The highest BCUT2D eigenvalue weighted by Crippen LogP contribution is 2.28. The lowest BCUT2D eigenvalue weighted by Gasteiger charge is -2.18. The van der Waals surface area contributed by atoms with Crippen LogP contribution in [-0.2, 0) is 14.8 Å². The van der Waals surface area contributed by atoms with E-state index in [2.05, 4.69) is 15.9 Å². The molecule has 1 rings (SSSR count). The summed E-state index contributed by atoms with van der Waals surface area (Å²) in [6.07, 6.45) is 0. The Balaban J connectivity index is 3.07. The van der Waals surface area contributed by atoms with Crippen molar-refractivity contribution in [3.63, 3.8) is 0 Å². The van der Waals surface area contributed by atoms with Crippen molar-refractivity contribution in [1.82, 2.24) is 4.31 Å². The maximum absolute atomic E-state index is 13.6. The highest BCUT2D eigenvalue weighted by molar-refractivity contribution is 9.10. The first-order valence-electron chi connectivity index (χ1n) is 5.49. The van der Waals surface area contributed by atoms with Gasteiger partial charge in [0, 0.05) is 30.7 Å². The maximum atomic E-state index is 13.6. The fourth-order valence-corrected chi connectivity index (χ4v) is 3.65. The Kier molecular flexibility index (Phi) is 5.84. The van der Waals surface area contributed by atoms with Crippen LogP contribution < -0.4 is 0 Å². The second-order valence-electron chi connectivity index (χ2n) is 3.72. The Labute approximate surface area is 119 Å². The second kappa shape index (κ2) is 6.74. The molecule has 1 aromatic rings.